The summed E-state index contributed by atoms with van der Waals surface area (Å²) >= 11 is 0. The summed E-state index contributed by atoms with van der Waals surface area (Å²) in [6, 6.07) is 0. The van der Waals surface area contributed by atoms with Gasteiger partial charge in [-0.1, -0.05) is 19.8 Å². The van der Waals surface area contributed by atoms with E-state index in [1.807, 2.05) is 6.92 Å². The van der Waals surface area contributed by atoms with Crippen molar-refractivity contribution in [1.82, 2.24) is 4.31 Å². The molecule has 1 aliphatic rings. The highest BCUT2D eigenvalue weighted by Crippen LogP contribution is 2.31. The standard InChI is InChI=1S/C9H17NO3S/c1-4-5-6-9(2)8(11)7-14(12,13)10(9)3/h4-7H2,1-3H3. The van der Waals surface area contributed by atoms with Crippen molar-refractivity contribution in [2.45, 2.75) is 38.6 Å². The monoisotopic (exact) mass is 219 g/mol. The second kappa shape index (κ2) is 3.62. The van der Waals surface area contributed by atoms with Crippen molar-refractivity contribution >= 4 is 15.8 Å². The summed E-state index contributed by atoms with van der Waals surface area (Å²) in [4.78, 5) is 11.6. The molecule has 0 saturated carbocycles. The molecular weight excluding hydrogens is 202 g/mol. The molecule has 0 aromatic rings. The van der Waals surface area contributed by atoms with Crippen molar-refractivity contribution in [3.63, 3.8) is 0 Å². The predicted molar refractivity (Wildman–Crippen MR) is 54.5 cm³/mol. The molecule has 0 aliphatic carbocycles. The van der Waals surface area contributed by atoms with Gasteiger partial charge < -0.3 is 0 Å². The van der Waals surface area contributed by atoms with Gasteiger partial charge in [0.1, 0.15) is 5.75 Å². The molecule has 1 saturated heterocycles. The predicted octanol–water partition coefficient (Wildman–Crippen LogP) is 0.780. The van der Waals surface area contributed by atoms with Gasteiger partial charge in [0.25, 0.3) is 0 Å². The summed E-state index contributed by atoms with van der Waals surface area (Å²) in [7, 11) is -1.83. The van der Waals surface area contributed by atoms with Crippen molar-refractivity contribution < 1.29 is 13.2 Å². The van der Waals surface area contributed by atoms with Crippen molar-refractivity contribution in [1.29, 1.82) is 0 Å². The third-order valence-electron chi connectivity index (χ3n) is 3.04. The maximum Gasteiger partial charge on any atom is 0.221 e. The van der Waals surface area contributed by atoms with Crippen LogP contribution in [0.25, 0.3) is 0 Å². The Morgan fingerprint density at radius 2 is 2.07 bits per heavy atom. The maximum absolute atomic E-state index is 11.6. The zero-order valence-corrected chi connectivity index (χ0v) is 9.73. The molecule has 0 amide bonds. The lowest BCUT2D eigenvalue weighted by Gasteiger charge is -2.28. The SMILES string of the molecule is CCCCC1(C)C(=O)CS(=O)(=O)N1C. The molecule has 0 aromatic heterocycles. The molecule has 4 nitrogen and oxygen atoms in total. The molecule has 1 atom stereocenters. The van der Waals surface area contributed by atoms with Gasteiger partial charge in [-0.25, -0.2) is 8.42 Å². The van der Waals surface area contributed by atoms with E-state index < -0.39 is 15.6 Å². The zero-order valence-electron chi connectivity index (χ0n) is 8.91. The van der Waals surface area contributed by atoms with Crippen LogP contribution in [0.3, 0.4) is 0 Å². The second-order valence-corrected chi connectivity index (χ2v) is 6.02. The Labute approximate surface area is 85.3 Å². The van der Waals surface area contributed by atoms with Crippen LogP contribution in [-0.2, 0) is 14.8 Å². The van der Waals surface area contributed by atoms with Crippen LogP contribution in [0.1, 0.15) is 33.1 Å². The lowest BCUT2D eigenvalue weighted by Crippen LogP contribution is -2.44. The number of sulfonamides is 1. The molecule has 0 N–H and O–H groups in total. The fourth-order valence-electron chi connectivity index (χ4n) is 1.72. The molecule has 0 radical (unpaired) electrons. The first-order valence-corrected chi connectivity index (χ1v) is 6.45. The van der Waals surface area contributed by atoms with Crippen LogP contribution in [0.5, 0.6) is 0 Å². The Balaban J connectivity index is 2.93. The molecule has 0 aromatic carbocycles. The van der Waals surface area contributed by atoms with Crippen LogP contribution in [0, 0.1) is 0 Å². The van der Waals surface area contributed by atoms with Gasteiger partial charge in [0.2, 0.25) is 10.0 Å². The molecule has 82 valence electrons. The average molecular weight is 219 g/mol. The number of unbranched alkanes of at least 4 members (excludes halogenated alkanes) is 1. The Kier molecular flexibility index (Phi) is 3.02. The molecular formula is C9H17NO3S. The van der Waals surface area contributed by atoms with Crippen molar-refractivity contribution in [3.8, 4) is 0 Å². The molecule has 1 heterocycles. The number of nitrogens with zero attached hydrogens (tertiary/aromatic N) is 1. The lowest BCUT2D eigenvalue weighted by molar-refractivity contribution is -0.123. The second-order valence-electron chi connectivity index (χ2n) is 4.02. The van der Waals surface area contributed by atoms with Crippen LogP contribution in [0.4, 0.5) is 0 Å². The number of likely N-dealkylation sites (N-methyl/N-ethyl adjacent to an activating group) is 1. The molecule has 0 bridgehead atoms. The molecule has 0 spiro atoms. The summed E-state index contributed by atoms with van der Waals surface area (Å²) in [6.07, 6.45) is 2.47. The molecule has 5 heteroatoms. The lowest BCUT2D eigenvalue weighted by atomic mass is 9.91. The Hall–Kier alpha value is -0.420. The topological polar surface area (TPSA) is 54.5 Å². The van der Waals surface area contributed by atoms with Gasteiger partial charge in [0.15, 0.2) is 5.78 Å². The first-order valence-electron chi connectivity index (χ1n) is 4.84. The third-order valence-corrected chi connectivity index (χ3v) is 4.91. The van der Waals surface area contributed by atoms with Crippen molar-refractivity contribution in [2.24, 2.45) is 0 Å². The van der Waals surface area contributed by atoms with Gasteiger partial charge >= 0.3 is 0 Å². The molecule has 1 unspecified atom stereocenters. The van der Waals surface area contributed by atoms with Crippen LogP contribution < -0.4 is 0 Å². The highest BCUT2D eigenvalue weighted by Gasteiger charge is 2.50. The molecule has 1 rings (SSSR count). The Bertz CT molecular complexity index is 336. The number of carbonyl (C=O) groups is 1. The van der Waals surface area contributed by atoms with Crippen LogP contribution in [-0.4, -0.2) is 36.8 Å². The van der Waals surface area contributed by atoms with Gasteiger partial charge in [0.05, 0.1) is 5.54 Å². The van der Waals surface area contributed by atoms with Gasteiger partial charge in [-0.15, -0.1) is 0 Å². The number of hydrogen-bond acceptors (Lipinski definition) is 3. The number of ketones is 1. The number of carbonyl (C=O) groups excluding carboxylic acids is 1. The summed E-state index contributed by atoms with van der Waals surface area (Å²) in [5, 5.41) is 0. The quantitative estimate of drug-likeness (QED) is 0.705. The van der Waals surface area contributed by atoms with Gasteiger partial charge in [-0.3, -0.25) is 4.79 Å². The highest BCUT2D eigenvalue weighted by molar-refractivity contribution is 7.90. The molecule has 14 heavy (non-hydrogen) atoms. The third kappa shape index (κ3) is 1.70. The van der Waals surface area contributed by atoms with Crippen molar-refractivity contribution in [3.05, 3.63) is 0 Å². The van der Waals surface area contributed by atoms with E-state index in [1.165, 1.54) is 11.4 Å². The summed E-state index contributed by atoms with van der Waals surface area (Å²) in [5.41, 5.74) is -0.797. The van der Waals surface area contributed by atoms with Gasteiger partial charge in [-0.2, -0.15) is 4.31 Å². The largest absolute Gasteiger partial charge is 0.296 e. The van der Waals surface area contributed by atoms with Crippen LogP contribution in [0.2, 0.25) is 0 Å². The van der Waals surface area contributed by atoms with Gasteiger partial charge in [0, 0.05) is 7.05 Å². The fraction of sp³-hybridized carbons (Fsp3) is 0.889. The van der Waals surface area contributed by atoms with Crippen molar-refractivity contribution in [2.75, 3.05) is 12.8 Å². The van der Waals surface area contributed by atoms with Crippen LogP contribution >= 0.6 is 0 Å². The first kappa shape index (κ1) is 11.7. The fourth-order valence-corrected chi connectivity index (χ4v) is 3.36. The summed E-state index contributed by atoms with van der Waals surface area (Å²) in [6.45, 7) is 3.74. The molecule has 1 aliphatic heterocycles. The van der Waals surface area contributed by atoms with Gasteiger partial charge in [-0.05, 0) is 13.3 Å². The Morgan fingerprint density at radius 3 is 2.43 bits per heavy atom. The minimum atomic E-state index is -3.33. The maximum atomic E-state index is 11.6. The van der Waals surface area contributed by atoms with E-state index in [1.54, 1.807) is 6.92 Å². The minimum absolute atomic E-state index is 0.173. The van der Waals surface area contributed by atoms with E-state index in [-0.39, 0.29) is 11.5 Å². The van der Waals surface area contributed by atoms with E-state index in [0.717, 1.165) is 12.8 Å². The van der Waals surface area contributed by atoms with E-state index in [4.69, 9.17) is 0 Å². The number of Topliss-reactive ketones (excluding diaryl/α,β-unsaturated/α-hetero) is 1. The average Bonchev–Trinajstić information content (AvgIpc) is 2.25. The highest BCUT2D eigenvalue weighted by atomic mass is 32.2. The number of hydrogen-bond donors (Lipinski definition) is 0. The number of rotatable bonds is 3. The van der Waals surface area contributed by atoms with E-state index in [9.17, 15) is 13.2 Å². The Morgan fingerprint density at radius 1 is 1.50 bits per heavy atom. The smallest absolute Gasteiger partial charge is 0.221 e. The zero-order chi connectivity index (χ0) is 11.0. The summed E-state index contributed by atoms with van der Waals surface area (Å²) in [5.74, 6) is -0.502. The van der Waals surface area contributed by atoms with Crippen LogP contribution in [0.15, 0.2) is 0 Å². The van der Waals surface area contributed by atoms with E-state index >= 15 is 0 Å². The van der Waals surface area contributed by atoms with E-state index in [0.29, 0.717) is 6.42 Å². The minimum Gasteiger partial charge on any atom is -0.296 e. The summed E-state index contributed by atoms with van der Waals surface area (Å²) < 4.78 is 24.1. The van der Waals surface area contributed by atoms with E-state index in [2.05, 4.69) is 0 Å². The normalized spacial score (nSPS) is 32.4. The molecule has 1 fully saturated rings. The first-order chi connectivity index (χ1) is 6.34.